The van der Waals surface area contributed by atoms with Gasteiger partial charge in [-0.1, -0.05) is 6.07 Å². The molecule has 1 unspecified atom stereocenters. The molecule has 39 heavy (non-hydrogen) atoms. The average Bonchev–Trinajstić information content (AvgIpc) is 3.17. The molecule has 2 N–H and O–H groups in total. The van der Waals surface area contributed by atoms with Gasteiger partial charge in [-0.3, -0.25) is 9.69 Å². The number of carbonyl (C=O) groups excluding carboxylic acids is 1. The van der Waals surface area contributed by atoms with Crippen LogP contribution in [0.1, 0.15) is 43.7 Å². The summed E-state index contributed by atoms with van der Waals surface area (Å²) >= 11 is 0. The van der Waals surface area contributed by atoms with Crippen molar-refractivity contribution in [2.24, 2.45) is 0 Å². The van der Waals surface area contributed by atoms with Crippen molar-refractivity contribution in [1.82, 2.24) is 9.80 Å². The Bertz CT molecular complexity index is 1040. The SMILES string of the molecule is CC(Nc1cc(C(F)(F)F)ccc1CN1CCCC12CCN(C(=O)OC(C(F)(F)F)C(F)(F)F)CC2)C(=O)O. The summed E-state index contributed by atoms with van der Waals surface area (Å²) in [5.74, 6) is -1.28. The van der Waals surface area contributed by atoms with Crippen LogP contribution in [-0.2, 0) is 22.3 Å². The molecule has 1 aromatic rings. The van der Waals surface area contributed by atoms with Crippen LogP contribution in [0.5, 0.6) is 0 Å². The number of nitrogens with zero attached hydrogens (tertiary/aromatic N) is 2. The largest absolute Gasteiger partial charge is 0.480 e. The molecule has 2 aliphatic rings. The number of likely N-dealkylation sites (tertiary alicyclic amines) is 2. The number of anilines is 1. The average molecular weight is 579 g/mol. The number of ether oxygens (including phenoxy) is 1. The molecule has 0 aromatic heterocycles. The number of aliphatic carboxylic acids is 1. The maximum absolute atomic E-state index is 13.3. The lowest BCUT2D eigenvalue weighted by Crippen LogP contribution is -2.54. The lowest BCUT2D eigenvalue weighted by atomic mass is 9.84. The molecule has 0 aliphatic carbocycles. The molecule has 0 radical (unpaired) electrons. The maximum atomic E-state index is 13.3. The Hall–Kier alpha value is -2.91. The van der Waals surface area contributed by atoms with Crippen molar-refractivity contribution in [2.45, 2.75) is 75.4 Å². The molecule has 1 atom stereocenters. The first-order chi connectivity index (χ1) is 17.8. The zero-order chi connectivity index (χ0) is 29.4. The second-order valence-electron chi connectivity index (χ2n) is 9.66. The summed E-state index contributed by atoms with van der Waals surface area (Å²) in [6, 6.07) is 1.71. The minimum absolute atomic E-state index is 0.0341. The van der Waals surface area contributed by atoms with Crippen LogP contribution in [0.25, 0.3) is 0 Å². The first-order valence-electron chi connectivity index (χ1n) is 11.9. The third-order valence-corrected chi connectivity index (χ3v) is 7.05. The number of carboxylic acids is 1. The molecule has 2 aliphatic heterocycles. The number of rotatable bonds is 6. The number of hydrogen-bond acceptors (Lipinski definition) is 5. The van der Waals surface area contributed by atoms with Crippen LogP contribution in [0.3, 0.4) is 0 Å². The highest BCUT2D eigenvalue weighted by atomic mass is 19.4. The van der Waals surface area contributed by atoms with Crippen LogP contribution in [-0.4, -0.2) is 76.6 Å². The molecule has 1 aromatic carbocycles. The van der Waals surface area contributed by atoms with Gasteiger partial charge in [0.2, 0.25) is 0 Å². The van der Waals surface area contributed by atoms with Crippen LogP contribution in [0.2, 0.25) is 0 Å². The highest BCUT2D eigenvalue weighted by Gasteiger charge is 2.60. The number of nitrogens with one attached hydrogen (secondary N) is 1. The van der Waals surface area contributed by atoms with Crippen molar-refractivity contribution in [1.29, 1.82) is 0 Å². The van der Waals surface area contributed by atoms with E-state index in [0.29, 0.717) is 24.9 Å². The fourth-order valence-electron chi connectivity index (χ4n) is 4.93. The number of piperidine rings is 1. The summed E-state index contributed by atoms with van der Waals surface area (Å²) in [6.45, 7) is 1.48. The first kappa shape index (κ1) is 30.6. The Balaban J connectivity index is 1.74. The third-order valence-electron chi connectivity index (χ3n) is 7.05. The highest BCUT2D eigenvalue weighted by molar-refractivity contribution is 5.77. The number of amides is 1. The van der Waals surface area contributed by atoms with Crippen molar-refractivity contribution in [3.05, 3.63) is 29.3 Å². The molecular weight excluding hydrogens is 553 g/mol. The second-order valence-corrected chi connectivity index (χ2v) is 9.66. The number of carboxylic acid groups (broad SMARTS) is 1. The Morgan fingerprint density at radius 1 is 1.00 bits per heavy atom. The van der Waals surface area contributed by atoms with Crippen molar-refractivity contribution in [2.75, 3.05) is 25.0 Å². The van der Waals surface area contributed by atoms with Crippen molar-refractivity contribution >= 4 is 17.7 Å². The van der Waals surface area contributed by atoms with Gasteiger partial charge in [-0.2, -0.15) is 39.5 Å². The number of hydrogen-bond donors (Lipinski definition) is 2. The van der Waals surface area contributed by atoms with E-state index in [0.717, 1.165) is 17.0 Å². The summed E-state index contributed by atoms with van der Waals surface area (Å²) in [6.07, 6.45) is -20.7. The maximum Gasteiger partial charge on any atom is 0.434 e. The van der Waals surface area contributed by atoms with Gasteiger partial charge in [-0.15, -0.1) is 0 Å². The van der Waals surface area contributed by atoms with E-state index in [2.05, 4.69) is 10.1 Å². The van der Waals surface area contributed by atoms with E-state index in [9.17, 15) is 54.2 Å². The Morgan fingerprint density at radius 3 is 2.10 bits per heavy atom. The molecule has 1 amide bonds. The van der Waals surface area contributed by atoms with E-state index in [1.807, 2.05) is 4.90 Å². The zero-order valence-corrected chi connectivity index (χ0v) is 20.5. The van der Waals surface area contributed by atoms with E-state index < -0.39 is 53.8 Å². The van der Waals surface area contributed by atoms with Gasteiger partial charge < -0.3 is 20.1 Å². The van der Waals surface area contributed by atoms with Gasteiger partial charge in [-0.05, 0) is 56.8 Å². The molecule has 2 fully saturated rings. The lowest BCUT2D eigenvalue weighted by Gasteiger charge is -2.45. The molecule has 2 saturated heterocycles. The van der Waals surface area contributed by atoms with Crippen LogP contribution in [0, 0.1) is 0 Å². The van der Waals surface area contributed by atoms with Crippen molar-refractivity contribution in [3.63, 3.8) is 0 Å². The number of carbonyl (C=O) groups is 2. The van der Waals surface area contributed by atoms with Crippen LogP contribution in [0.4, 0.5) is 50.0 Å². The van der Waals surface area contributed by atoms with Gasteiger partial charge in [-0.25, -0.2) is 4.79 Å². The molecule has 220 valence electrons. The van der Waals surface area contributed by atoms with E-state index in [4.69, 9.17) is 0 Å². The molecule has 1 spiro atoms. The number of benzene rings is 1. The summed E-state index contributed by atoms with van der Waals surface area (Å²) in [5, 5.41) is 11.8. The van der Waals surface area contributed by atoms with E-state index in [1.165, 1.54) is 13.0 Å². The van der Waals surface area contributed by atoms with Crippen LogP contribution in [0.15, 0.2) is 18.2 Å². The van der Waals surface area contributed by atoms with Gasteiger partial charge >= 0.3 is 30.6 Å². The zero-order valence-electron chi connectivity index (χ0n) is 20.5. The van der Waals surface area contributed by atoms with Gasteiger partial charge in [0.05, 0.1) is 5.56 Å². The van der Waals surface area contributed by atoms with E-state index in [-0.39, 0.29) is 38.2 Å². The minimum atomic E-state index is -5.83. The topological polar surface area (TPSA) is 82.1 Å². The Labute approximate surface area is 216 Å². The molecule has 0 bridgehead atoms. The second kappa shape index (κ2) is 10.9. The molecule has 7 nitrogen and oxygen atoms in total. The third kappa shape index (κ3) is 7.19. The van der Waals surface area contributed by atoms with Crippen LogP contribution < -0.4 is 5.32 Å². The monoisotopic (exact) mass is 579 g/mol. The Morgan fingerprint density at radius 2 is 1.59 bits per heavy atom. The highest BCUT2D eigenvalue weighted by Crippen LogP contribution is 2.42. The predicted octanol–water partition coefficient (Wildman–Crippen LogP) is 5.65. The standard InChI is InChI=1S/C23H26F9N3O4/c1-13(17(36)37)33-16-11-15(21(24,25)26)4-3-14(16)12-35-8-2-5-20(35)6-9-34(10-7-20)19(38)39-18(22(27,28)29)23(30,31)32/h3-4,11,13,18,33H,2,5-10,12H2,1H3,(H,36,37). The number of alkyl halides is 9. The van der Waals surface area contributed by atoms with E-state index in [1.54, 1.807) is 0 Å². The van der Waals surface area contributed by atoms with Gasteiger partial charge in [0.15, 0.2) is 0 Å². The molecule has 2 heterocycles. The summed E-state index contributed by atoms with van der Waals surface area (Å²) in [7, 11) is 0. The minimum Gasteiger partial charge on any atom is -0.480 e. The van der Waals surface area contributed by atoms with E-state index >= 15 is 0 Å². The molecule has 3 rings (SSSR count). The van der Waals surface area contributed by atoms with Crippen molar-refractivity contribution < 1.29 is 58.9 Å². The molecule has 0 saturated carbocycles. The van der Waals surface area contributed by atoms with Crippen molar-refractivity contribution in [3.8, 4) is 0 Å². The first-order valence-corrected chi connectivity index (χ1v) is 11.9. The Kier molecular flexibility index (Phi) is 8.58. The quantitative estimate of drug-likeness (QED) is 0.424. The molecule has 16 heteroatoms. The smallest absolute Gasteiger partial charge is 0.434 e. The lowest BCUT2D eigenvalue weighted by molar-refractivity contribution is -0.308. The predicted molar refractivity (Wildman–Crippen MR) is 118 cm³/mol. The number of halogens is 9. The summed E-state index contributed by atoms with van der Waals surface area (Å²) in [4.78, 5) is 26.1. The summed E-state index contributed by atoms with van der Waals surface area (Å²) < 4.78 is 120. The van der Waals surface area contributed by atoms with Gasteiger partial charge in [0.1, 0.15) is 6.04 Å². The van der Waals surface area contributed by atoms with Crippen LogP contribution >= 0.6 is 0 Å². The molecular formula is C23H26F9N3O4. The fraction of sp³-hybridized carbons (Fsp3) is 0.652. The summed E-state index contributed by atoms with van der Waals surface area (Å²) in [5.41, 5.74) is -1.25. The van der Waals surface area contributed by atoms with Gasteiger partial charge in [0, 0.05) is 30.9 Å². The normalized spacial score (nSPS) is 19.4. The fourth-order valence-corrected chi connectivity index (χ4v) is 4.93. The van der Waals surface area contributed by atoms with Gasteiger partial charge in [0.25, 0.3) is 6.10 Å².